The van der Waals surface area contributed by atoms with Gasteiger partial charge in [0.2, 0.25) is 0 Å². The highest BCUT2D eigenvalue weighted by atomic mass is 35.5. The maximum absolute atomic E-state index is 13.2. The lowest BCUT2D eigenvalue weighted by atomic mass is 10.0. The first-order valence-electron chi connectivity index (χ1n) is 7.64. The van der Waals surface area contributed by atoms with E-state index >= 15 is 0 Å². The van der Waals surface area contributed by atoms with Crippen molar-refractivity contribution in [3.63, 3.8) is 0 Å². The summed E-state index contributed by atoms with van der Waals surface area (Å²) in [5, 5.41) is 2.75. The third-order valence-electron chi connectivity index (χ3n) is 4.31. The first kappa shape index (κ1) is 17.1. The van der Waals surface area contributed by atoms with Gasteiger partial charge >= 0.3 is 0 Å². The average molecular weight is 413 g/mol. The second kappa shape index (κ2) is 6.45. The number of nitrogens with zero attached hydrogens (tertiary/aromatic N) is 2. The second-order valence-electron chi connectivity index (χ2n) is 5.74. The Balaban J connectivity index is 1.89. The van der Waals surface area contributed by atoms with Crippen LogP contribution >= 0.6 is 34.5 Å². The molecule has 8 heteroatoms. The van der Waals surface area contributed by atoms with E-state index in [1.54, 1.807) is 35.7 Å². The van der Waals surface area contributed by atoms with Crippen molar-refractivity contribution < 1.29 is 8.42 Å². The number of thiophene rings is 1. The van der Waals surface area contributed by atoms with Gasteiger partial charge in [0.25, 0.3) is 10.0 Å². The van der Waals surface area contributed by atoms with Gasteiger partial charge in [-0.05, 0) is 41.3 Å². The summed E-state index contributed by atoms with van der Waals surface area (Å²) >= 11 is 13.7. The quantitative estimate of drug-likeness (QED) is 0.627. The van der Waals surface area contributed by atoms with E-state index in [4.69, 9.17) is 23.2 Å². The molecule has 1 atom stereocenters. The number of hydrogen-bond donors (Lipinski definition) is 0. The fraction of sp³-hybridized carbons (Fsp3) is 0.176. The number of rotatable bonds is 3. The van der Waals surface area contributed by atoms with E-state index in [-0.39, 0.29) is 0 Å². The molecule has 1 aliphatic rings. The molecule has 0 saturated heterocycles. The van der Waals surface area contributed by atoms with Crippen LogP contribution in [0, 0.1) is 0 Å². The summed E-state index contributed by atoms with van der Waals surface area (Å²) in [5.74, 6) is 0. The van der Waals surface area contributed by atoms with Crippen LogP contribution in [0.25, 0.3) is 0 Å². The Morgan fingerprint density at radius 1 is 1.08 bits per heavy atom. The first-order chi connectivity index (χ1) is 12.0. The van der Waals surface area contributed by atoms with Crippen molar-refractivity contribution in [3.8, 4) is 0 Å². The van der Waals surface area contributed by atoms with Gasteiger partial charge in [-0.2, -0.15) is 4.31 Å². The van der Waals surface area contributed by atoms with Crippen LogP contribution in [0.1, 0.15) is 17.3 Å². The minimum Gasteiger partial charge on any atom is -0.348 e. The standard InChI is InChI=1S/C17H14Cl2N2O2S2/c18-12-5-6-13(14(19)11-12)17-15-3-1-7-20(15)8-9-21(17)25(22,23)16-4-2-10-24-16/h1-7,10-11,17H,8-9H2/t17-/m1/s1. The summed E-state index contributed by atoms with van der Waals surface area (Å²) in [6.45, 7) is 0.986. The molecular formula is C17H14Cl2N2O2S2. The molecule has 0 unspecified atom stereocenters. The normalized spacial score (nSPS) is 18.2. The Labute approximate surface area is 160 Å². The van der Waals surface area contributed by atoms with Crippen LogP contribution in [-0.2, 0) is 16.6 Å². The molecule has 0 N–H and O–H groups in total. The van der Waals surface area contributed by atoms with Crippen molar-refractivity contribution in [3.05, 3.63) is 75.3 Å². The Hall–Kier alpha value is -1.31. The molecule has 4 rings (SSSR count). The van der Waals surface area contributed by atoms with Gasteiger partial charge in [0.1, 0.15) is 4.21 Å². The average Bonchev–Trinajstić information content (AvgIpc) is 3.26. The van der Waals surface area contributed by atoms with Crippen LogP contribution < -0.4 is 0 Å². The highest BCUT2D eigenvalue weighted by Gasteiger charge is 2.38. The Morgan fingerprint density at radius 2 is 1.92 bits per heavy atom. The number of aromatic nitrogens is 1. The lowest BCUT2D eigenvalue weighted by Crippen LogP contribution is -2.42. The lowest BCUT2D eigenvalue weighted by molar-refractivity contribution is 0.299. The zero-order chi connectivity index (χ0) is 17.6. The summed E-state index contributed by atoms with van der Waals surface area (Å²) in [7, 11) is -3.62. The molecule has 1 aliphatic heterocycles. The SMILES string of the molecule is O=S(=O)(c1cccs1)N1CCn2cccc2[C@H]1c1ccc(Cl)cc1Cl. The van der Waals surface area contributed by atoms with Crippen LogP contribution in [-0.4, -0.2) is 23.8 Å². The number of halogens is 2. The third kappa shape index (κ3) is 2.92. The van der Waals surface area contributed by atoms with Crippen LogP contribution in [0.2, 0.25) is 10.0 Å². The third-order valence-corrected chi connectivity index (χ3v) is 8.11. The van der Waals surface area contributed by atoms with E-state index in [0.717, 1.165) is 11.3 Å². The van der Waals surface area contributed by atoms with Crippen molar-refractivity contribution in [1.82, 2.24) is 8.87 Å². The Morgan fingerprint density at radius 3 is 2.64 bits per heavy atom. The van der Waals surface area contributed by atoms with Gasteiger partial charge in [-0.3, -0.25) is 0 Å². The topological polar surface area (TPSA) is 42.3 Å². The molecule has 3 heterocycles. The molecule has 1 aromatic carbocycles. The van der Waals surface area contributed by atoms with Gasteiger partial charge in [0.05, 0.1) is 6.04 Å². The highest BCUT2D eigenvalue weighted by Crippen LogP contribution is 2.40. The van der Waals surface area contributed by atoms with Gasteiger partial charge in [-0.1, -0.05) is 35.3 Å². The molecule has 4 nitrogen and oxygen atoms in total. The van der Waals surface area contributed by atoms with Crippen LogP contribution in [0.4, 0.5) is 0 Å². The Kier molecular flexibility index (Phi) is 4.42. The van der Waals surface area contributed by atoms with Gasteiger partial charge in [-0.25, -0.2) is 8.42 Å². The number of benzene rings is 1. The monoisotopic (exact) mass is 412 g/mol. The molecule has 2 aromatic heterocycles. The smallest absolute Gasteiger partial charge is 0.253 e. The molecule has 0 bridgehead atoms. The highest BCUT2D eigenvalue weighted by molar-refractivity contribution is 7.91. The predicted octanol–water partition coefficient (Wildman–Crippen LogP) is 4.65. The molecular weight excluding hydrogens is 399 g/mol. The minimum atomic E-state index is -3.62. The van der Waals surface area contributed by atoms with Gasteiger partial charge < -0.3 is 4.57 Å². The number of sulfonamides is 1. The zero-order valence-electron chi connectivity index (χ0n) is 13.0. The van der Waals surface area contributed by atoms with Gasteiger partial charge in [-0.15, -0.1) is 11.3 Å². The zero-order valence-corrected chi connectivity index (χ0v) is 16.1. The first-order valence-corrected chi connectivity index (χ1v) is 10.7. The minimum absolute atomic E-state index is 0.336. The molecule has 0 fully saturated rings. The summed E-state index contributed by atoms with van der Waals surface area (Å²) in [6, 6.07) is 11.9. The van der Waals surface area contributed by atoms with Crippen molar-refractivity contribution in [2.24, 2.45) is 0 Å². The Bertz CT molecular complexity index is 1010. The summed E-state index contributed by atoms with van der Waals surface area (Å²) in [5.41, 5.74) is 1.63. The molecule has 3 aromatic rings. The van der Waals surface area contributed by atoms with Crippen molar-refractivity contribution in [2.75, 3.05) is 6.54 Å². The number of fused-ring (bicyclic) bond motifs is 1. The van der Waals surface area contributed by atoms with Crippen LogP contribution in [0.5, 0.6) is 0 Å². The van der Waals surface area contributed by atoms with Crippen molar-refractivity contribution in [2.45, 2.75) is 16.8 Å². The molecule has 0 spiro atoms. The molecule has 0 aliphatic carbocycles. The van der Waals surface area contributed by atoms with E-state index < -0.39 is 16.1 Å². The van der Waals surface area contributed by atoms with Crippen molar-refractivity contribution >= 4 is 44.6 Å². The van der Waals surface area contributed by atoms with Crippen molar-refractivity contribution in [1.29, 1.82) is 0 Å². The maximum Gasteiger partial charge on any atom is 0.253 e. The fourth-order valence-electron chi connectivity index (χ4n) is 3.18. The van der Waals surface area contributed by atoms with E-state index in [2.05, 4.69) is 4.57 Å². The van der Waals surface area contributed by atoms with E-state index in [1.807, 2.05) is 18.3 Å². The lowest BCUT2D eigenvalue weighted by Gasteiger charge is -2.36. The predicted molar refractivity (Wildman–Crippen MR) is 101 cm³/mol. The van der Waals surface area contributed by atoms with Gasteiger partial charge in [0, 0.05) is 35.0 Å². The summed E-state index contributed by atoms with van der Waals surface area (Å²) in [4.78, 5) is 0. The van der Waals surface area contributed by atoms with Gasteiger partial charge in [0.15, 0.2) is 0 Å². The summed E-state index contributed by atoms with van der Waals surface area (Å²) in [6.07, 6.45) is 1.96. The van der Waals surface area contributed by atoms with Crippen LogP contribution in [0.3, 0.4) is 0 Å². The largest absolute Gasteiger partial charge is 0.348 e. The molecule has 130 valence electrons. The molecule has 25 heavy (non-hydrogen) atoms. The summed E-state index contributed by atoms with van der Waals surface area (Å²) < 4.78 is 30.3. The van der Waals surface area contributed by atoms with E-state index in [1.165, 1.54) is 15.6 Å². The maximum atomic E-state index is 13.2. The molecule has 0 amide bonds. The van der Waals surface area contributed by atoms with Crippen LogP contribution in [0.15, 0.2) is 58.3 Å². The van der Waals surface area contributed by atoms with E-state index in [0.29, 0.717) is 27.3 Å². The molecule has 0 radical (unpaired) electrons. The fourth-order valence-corrected chi connectivity index (χ4v) is 6.39. The second-order valence-corrected chi connectivity index (χ2v) is 9.65. The van der Waals surface area contributed by atoms with E-state index in [9.17, 15) is 8.42 Å². The molecule has 0 saturated carbocycles. The number of hydrogen-bond acceptors (Lipinski definition) is 3.